The zero-order chi connectivity index (χ0) is 12.8. The third kappa shape index (κ3) is 3.07. The van der Waals surface area contributed by atoms with Crippen LogP contribution in [0.3, 0.4) is 0 Å². The fourth-order valence-corrected chi connectivity index (χ4v) is 1.59. The van der Waals surface area contributed by atoms with Crippen molar-refractivity contribution < 1.29 is 9.13 Å². The van der Waals surface area contributed by atoms with Crippen molar-refractivity contribution in [1.29, 1.82) is 0 Å². The van der Waals surface area contributed by atoms with Crippen molar-refractivity contribution in [1.82, 2.24) is 0 Å². The fourth-order valence-electron chi connectivity index (χ4n) is 1.59. The number of rotatable bonds is 4. The minimum Gasteiger partial charge on any atom is -0.489 e. The highest BCUT2D eigenvalue weighted by Crippen LogP contribution is 2.15. The Morgan fingerprint density at radius 2 is 2.00 bits per heavy atom. The fraction of sp³-hybridized carbons (Fsp3) is 0.0714. The van der Waals surface area contributed by atoms with Crippen LogP contribution >= 0.6 is 0 Å². The van der Waals surface area contributed by atoms with Crippen LogP contribution in [0, 0.1) is 5.82 Å². The Kier molecular flexibility index (Phi) is 3.91. The molecule has 0 atom stereocenters. The molecule has 0 aliphatic rings. The lowest BCUT2D eigenvalue weighted by Gasteiger charge is -2.08. The second-order valence-electron chi connectivity index (χ2n) is 3.72. The molecule has 4 heteroatoms. The first-order valence-electron chi connectivity index (χ1n) is 5.49. The molecule has 18 heavy (non-hydrogen) atoms. The van der Waals surface area contributed by atoms with Crippen LogP contribution in [0.1, 0.15) is 11.1 Å². The van der Waals surface area contributed by atoms with Gasteiger partial charge in [0.1, 0.15) is 18.2 Å². The first-order valence-corrected chi connectivity index (χ1v) is 5.49. The predicted octanol–water partition coefficient (Wildman–Crippen LogP) is 2.70. The number of hydrogen-bond donors (Lipinski definition) is 1. The molecule has 0 bridgehead atoms. The summed E-state index contributed by atoms with van der Waals surface area (Å²) < 4.78 is 18.5. The van der Waals surface area contributed by atoms with Gasteiger partial charge in [-0.2, -0.15) is 5.10 Å². The highest BCUT2D eigenvalue weighted by molar-refractivity contribution is 5.81. The summed E-state index contributed by atoms with van der Waals surface area (Å²) in [7, 11) is 0. The van der Waals surface area contributed by atoms with Crippen LogP contribution in [-0.4, -0.2) is 6.21 Å². The van der Waals surface area contributed by atoms with Gasteiger partial charge in [-0.25, -0.2) is 4.39 Å². The molecule has 0 saturated heterocycles. The molecule has 2 aromatic rings. The maximum Gasteiger partial charge on any atom is 0.126 e. The number of hydrazone groups is 1. The summed E-state index contributed by atoms with van der Waals surface area (Å²) in [5, 5.41) is 3.50. The molecule has 0 aromatic heterocycles. The van der Waals surface area contributed by atoms with E-state index in [1.54, 1.807) is 18.3 Å². The van der Waals surface area contributed by atoms with Crippen LogP contribution in [0.15, 0.2) is 53.6 Å². The van der Waals surface area contributed by atoms with E-state index in [4.69, 9.17) is 10.6 Å². The molecule has 0 radical (unpaired) electrons. The van der Waals surface area contributed by atoms with E-state index in [1.807, 2.05) is 24.3 Å². The van der Waals surface area contributed by atoms with Crippen molar-refractivity contribution in [2.45, 2.75) is 6.61 Å². The lowest BCUT2D eigenvalue weighted by Crippen LogP contribution is -2.00. The number of nitrogens with zero attached hydrogens (tertiary/aromatic N) is 1. The molecular weight excluding hydrogens is 231 g/mol. The molecule has 2 aromatic carbocycles. The van der Waals surface area contributed by atoms with Gasteiger partial charge in [0.2, 0.25) is 0 Å². The number of benzene rings is 2. The molecule has 2 N–H and O–H groups in total. The largest absolute Gasteiger partial charge is 0.489 e. The predicted molar refractivity (Wildman–Crippen MR) is 69.0 cm³/mol. The average Bonchev–Trinajstić information content (AvgIpc) is 2.38. The van der Waals surface area contributed by atoms with Crippen molar-refractivity contribution in [3.05, 3.63) is 65.5 Å². The normalized spacial score (nSPS) is 10.7. The van der Waals surface area contributed by atoms with Crippen molar-refractivity contribution in [3.63, 3.8) is 0 Å². The Labute approximate surface area is 105 Å². The van der Waals surface area contributed by atoms with Crippen molar-refractivity contribution >= 4 is 6.21 Å². The van der Waals surface area contributed by atoms with Crippen LogP contribution in [-0.2, 0) is 6.61 Å². The maximum atomic E-state index is 13.0. The van der Waals surface area contributed by atoms with Crippen LogP contribution in [0.2, 0.25) is 0 Å². The molecule has 0 amide bonds. The van der Waals surface area contributed by atoms with Gasteiger partial charge in [0.05, 0.1) is 6.21 Å². The van der Waals surface area contributed by atoms with Crippen LogP contribution < -0.4 is 10.6 Å². The third-order valence-corrected chi connectivity index (χ3v) is 2.46. The highest BCUT2D eigenvalue weighted by atomic mass is 19.1. The highest BCUT2D eigenvalue weighted by Gasteiger charge is 2.01. The van der Waals surface area contributed by atoms with Crippen LogP contribution in [0.5, 0.6) is 5.75 Å². The van der Waals surface area contributed by atoms with E-state index in [0.29, 0.717) is 12.4 Å². The van der Waals surface area contributed by atoms with Gasteiger partial charge in [-0.05, 0) is 17.7 Å². The zero-order valence-corrected chi connectivity index (χ0v) is 9.71. The Balaban J connectivity index is 2.10. The lowest BCUT2D eigenvalue weighted by atomic mass is 10.1. The molecule has 0 aliphatic heterocycles. The van der Waals surface area contributed by atoms with Gasteiger partial charge >= 0.3 is 0 Å². The van der Waals surface area contributed by atoms with Gasteiger partial charge in [-0.15, -0.1) is 0 Å². The van der Waals surface area contributed by atoms with Crippen molar-refractivity contribution in [2.75, 3.05) is 0 Å². The Bertz CT molecular complexity index is 555. The molecule has 92 valence electrons. The second-order valence-corrected chi connectivity index (χ2v) is 3.72. The van der Waals surface area contributed by atoms with E-state index >= 15 is 0 Å². The standard InChI is InChI=1S/C14H13FN2O/c15-13-6-3-7-14(8-13)18-10-12-5-2-1-4-11(12)9-17-16/h1-9H,10,16H2. The van der Waals surface area contributed by atoms with Gasteiger partial charge in [-0.3, -0.25) is 0 Å². The van der Waals surface area contributed by atoms with Crippen molar-refractivity contribution in [2.24, 2.45) is 10.9 Å². The number of halogens is 1. The Morgan fingerprint density at radius 1 is 1.17 bits per heavy atom. The average molecular weight is 244 g/mol. The lowest BCUT2D eigenvalue weighted by molar-refractivity contribution is 0.304. The van der Waals surface area contributed by atoms with E-state index in [0.717, 1.165) is 11.1 Å². The molecule has 2 rings (SSSR count). The molecule has 0 aliphatic carbocycles. The Hall–Kier alpha value is -2.36. The minimum atomic E-state index is -0.315. The first kappa shape index (κ1) is 12.1. The summed E-state index contributed by atoms with van der Waals surface area (Å²) in [6, 6.07) is 13.6. The molecule has 0 saturated carbocycles. The van der Waals surface area contributed by atoms with Gasteiger partial charge in [0, 0.05) is 11.6 Å². The summed E-state index contributed by atoms with van der Waals surface area (Å²) in [6.07, 6.45) is 1.56. The van der Waals surface area contributed by atoms with Crippen molar-refractivity contribution in [3.8, 4) is 5.75 Å². The van der Waals surface area contributed by atoms with E-state index in [-0.39, 0.29) is 5.82 Å². The third-order valence-electron chi connectivity index (χ3n) is 2.46. The summed E-state index contributed by atoms with van der Waals surface area (Å²) >= 11 is 0. The molecule has 0 heterocycles. The summed E-state index contributed by atoms with van der Waals surface area (Å²) in [4.78, 5) is 0. The smallest absolute Gasteiger partial charge is 0.126 e. The van der Waals surface area contributed by atoms with E-state index in [9.17, 15) is 4.39 Å². The SMILES string of the molecule is NN=Cc1ccccc1COc1cccc(F)c1. The van der Waals surface area contributed by atoms with Crippen LogP contribution in [0.25, 0.3) is 0 Å². The van der Waals surface area contributed by atoms with E-state index in [2.05, 4.69) is 5.10 Å². The second kappa shape index (κ2) is 5.82. The van der Waals surface area contributed by atoms with Gasteiger partial charge < -0.3 is 10.6 Å². The molecule has 0 unspecified atom stereocenters. The van der Waals surface area contributed by atoms with E-state index in [1.165, 1.54) is 12.1 Å². The maximum absolute atomic E-state index is 13.0. The number of ether oxygens (including phenoxy) is 1. The molecule has 0 fully saturated rings. The minimum absolute atomic E-state index is 0.315. The topological polar surface area (TPSA) is 47.6 Å². The first-order chi connectivity index (χ1) is 8.79. The number of nitrogens with two attached hydrogens (primary N) is 1. The van der Waals surface area contributed by atoms with Crippen LogP contribution in [0.4, 0.5) is 4.39 Å². The molecule has 3 nitrogen and oxygen atoms in total. The molecule has 0 spiro atoms. The van der Waals surface area contributed by atoms with E-state index < -0.39 is 0 Å². The quantitative estimate of drug-likeness (QED) is 0.510. The van der Waals surface area contributed by atoms with Gasteiger partial charge in [0.15, 0.2) is 0 Å². The summed E-state index contributed by atoms with van der Waals surface area (Å²) in [5.41, 5.74) is 1.83. The van der Waals surface area contributed by atoms with Gasteiger partial charge in [0.25, 0.3) is 0 Å². The Morgan fingerprint density at radius 3 is 2.78 bits per heavy atom. The van der Waals surface area contributed by atoms with Gasteiger partial charge in [-0.1, -0.05) is 30.3 Å². The molecular formula is C14H13FN2O. The monoisotopic (exact) mass is 244 g/mol. The summed E-state index contributed by atoms with van der Waals surface area (Å²) in [5.74, 6) is 5.32. The summed E-state index contributed by atoms with van der Waals surface area (Å²) in [6.45, 7) is 0.339. The zero-order valence-electron chi connectivity index (χ0n) is 9.71. The number of hydrogen-bond acceptors (Lipinski definition) is 3.